The number of rotatable bonds is 4. The standard InChI is InChI=1S/C16H17FN2O4S2/c1-11-2-3-13(12(17)10-11)18-16(20)15-14(4-9-24-15)25(21,22)19-5-7-23-8-6-19/h2-4,9-10H,5-8H2,1H3,(H,18,20). The summed E-state index contributed by atoms with van der Waals surface area (Å²) in [6.45, 7) is 2.86. The second-order valence-electron chi connectivity index (χ2n) is 5.57. The zero-order valence-electron chi connectivity index (χ0n) is 13.5. The van der Waals surface area contributed by atoms with Crippen LogP contribution < -0.4 is 5.32 Å². The van der Waals surface area contributed by atoms with Crippen LogP contribution >= 0.6 is 11.3 Å². The summed E-state index contributed by atoms with van der Waals surface area (Å²) in [6, 6.07) is 5.82. The normalized spacial score (nSPS) is 15.9. The first kappa shape index (κ1) is 18.0. The maximum atomic E-state index is 13.9. The summed E-state index contributed by atoms with van der Waals surface area (Å²) in [5.74, 6) is -1.22. The number of aryl methyl sites for hydroxylation is 1. The number of carbonyl (C=O) groups is 1. The molecule has 9 heteroatoms. The van der Waals surface area contributed by atoms with Crippen molar-refractivity contribution in [3.05, 3.63) is 45.9 Å². The largest absolute Gasteiger partial charge is 0.379 e. The fraction of sp³-hybridized carbons (Fsp3) is 0.312. The van der Waals surface area contributed by atoms with Gasteiger partial charge in [-0.25, -0.2) is 12.8 Å². The molecule has 0 unspecified atom stereocenters. The van der Waals surface area contributed by atoms with Crippen molar-refractivity contribution in [2.75, 3.05) is 31.6 Å². The summed E-state index contributed by atoms with van der Waals surface area (Å²) < 4.78 is 45.9. The van der Waals surface area contributed by atoms with Gasteiger partial charge in [-0.1, -0.05) is 6.07 Å². The monoisotopic (exact) mass is 384 g/mol. The zero-order valence-corrected chi connectivity index (χ0v) is 15.1. The van der Waals surface area contributed by atoms with Crippen LogP contribution in [0.2, 0.25) is 0 Å². The van der Waals surface area contributed by atoms with Crippen molar-refractivity contribution in [1.82, 2.24) is 4.31 Å². The molecule has 134 valence electrons. The predicted octanol–water partition coefficient (Wildman–Crippen LogP) is 2.47. The van der Waals surface area contributed by atoms with Gasteiger partial charge in [0.1, 0.15) is 15.6 Å². The number of halogens is 1. The average molecular weight is 384 g/mol. The third-order valence-electron chi connectivity index (χ3n) is 3.80. The predicted molar refractivity (Wildman–Crippen MR) is 93.0 cm³/mol. The number of morpholine rings is 1. The summed E-state index contributed by atoms with van der Waals surface area (Å²) in [5, 5.41) is 3.98. The van der Waals surface area contributed by atoms with Gasteiger partial charge in [-0.15, -0.1) is 11.3 Å². The Morgan fingerprint density at radius 1 is 1.28 bits per heavy atom. The minimum absolute atomic E-state index is 0.0127. The Morgan fingerprint density at radius 2 is 2.00 bits per heavy atom. The molecule has 0 spiro atoms. The van der Waals surface area contributed by atoms with Crippen molar-refractivity contribution in [3.63, 3.8) is 0 Å². The zero-order chi connectivity index (χ0) is 18.0. The molecule has 0 aliphatic carbocycles. The number of nitrogens with one attached hydrogen (secondary N) is 1. The van der Waals surface area contributed by atoms with Crippen molar-refractivity contribution in [2.45, 2.75) is 11.8 Å². The molecule has 0 radical (unpaired) electrons. The molecule has 1 aliphatic heterocycles. The highest BCUT2D eigenvalue weighted by Gasteiger charge is 2.31. The average Bonchev–Trinajstić information content (AvgIpc) is 3.09. The Balaban J connectivity index is 1.86. The number of hydrogen-bond donors (Lipinski definition) is 1. The fourth-order valence-corrected chi connectivity index (χ4v) is 5.20. The number of ether oxygens (including phenoxy) is 1. The third-order valence-corrected chi connectivity index (χ3v) is 6.78. The molecule has 2 heterocycles. The molecule has 1 aliphatic rings. The van der Waals surface area contributed by atoms with E-state index in [0.717, 1.165) is 16.9 Å². The van der Waals surface area contributed by atoms with Gasteiger partial charge in [0.15, 0.2) is 0 Å². The number of nitrogens with zero attached hydrogens (tertiary/aromatic N) is 1. The molecule has 3 rings (SSSR count). The summed E-state index contributed by atoms with van der Waals surface area (Å²) in [6.07, 6.45) is 0. The highest BCUT2D eigenvalue weighted by atomic mass is 32.2. The smallest absolute Gasteiger partial charge is 0.267 e. The quantitative estimate of drug-likeness (QED) is 0.879. The van der Waals surface area contributed by atoms with E-state index in [4.69, 9.17) is 4.74 Å². The molecule has 1 aromatic heterocycles. The molecule has 6 nitrogen and oxygen atoms in total. The maximum absolute atomic E-state index is 13.9. The van der Waals surface area contributed by atoms with E-state index >= 15 is 0 Å². The lowest BCUT2D eigenvalue weighted by molar-refractivity contribution is 0.0730. The third kappa shape index (κ3) is 3.74. The molecule has 0 saturated carbocycles. The van der Waals surface area contributed by atoms with Crippen molar-refractivity contribution >= 4 is 33.0 Å². The summed E-state index contributed by atoms with van der Waals surface area (Å²) >= 11 is 1.01. The molecular formula is C16H17FN2O4S2. The van der Waals surface area contributed by atoms with Gasteiger partial charge in [-0.2, -0.15) is 4.31 Å². The minimum Gasteiger partial charge on any atom is -0.379 e. The van der Waals surface area contributed by atoms with E-state index in [1.54, 1.807) is 13.0 Å². The van der Waals surface area contributed by atoms with Gasteiger partial charge in [0, 0.05) is 13.1 Å². The number of benzene rings is 1. The number of hydrogen-bond acceptors (Lipinski definition) is 5. The van der Waals surface area contributed by atoms with Crippen LogP contribution in [0.1, 0.15) is 15.2 Å². The van der Waals surface area contributed by atoms with Crippen LogP contribution in [0, 0.1) is 12.7 Å². The Bertz CT molecular complexity index is 889. The van der Waals surface area contributed by atoms with Gasteiger partial charge in [-0.3, -0.25) is 4.79 Å². The van der Waals surface area contributed by atoms with Crippen LogP contribution in [0.25, 0.3) is 0 Å². The van der Waals surface area contributed by atoms with Crippen LogP contribution in [0.5, 0.6) is 0 Å². The van der Waals surface area contributed by atoms with Gasteiger partial charge < -0.3 is 10.1 Å². The number of thiophene rings is 1. The van der Waals surface area contributed by atoms with E-state index < -0.39 is 21.7 Å². The van der Waals surface area contributed by atoms with Crippen molar-refractivity contribution < 1.29 is 22.3 Å². The van der Waals surface area contributed by atoms with Gasteiger partial charge >= 0.3 is 0 Å². The maximum Gasteiger partial charge on any atom is 0.267 e. The van der Waals surface area contributed by atoms with E-state index in [9.17, 15) is 17.6 Å². The Labute approximate surface area is 149 Å². The Morgan fingerprint density at radius 3 is 2.68 bits per heavy atom. The van der Waals surface area contributed by atoms with Crippen molar-refractivity contribution in [2.24, 2.45) is 0 Å². The first-order valence-corrected chi connectivity index (χ1v) is 9.94. The van der Waals surface area contributed by atoms with E-state index in [-0.39, 0.29) is 28.5 Å². The van der Waals surface area contributed by atoms with Gasteiger partial charge in [0.05, 0.1) is 18.9 Å². The van der Waals surface area contributed by atoms with Gasteiger partial charge in [0.2, 0.25) is 10.0 Å². The Hall–Kier alpha value is -1.81. The Kier molecular flexibility index (Phi) is 5.19. The molecule has 25 heavy (non-hydrogen) atoms. The van der Waals surface area contributed by atoms with E-state index in [2.05, 4.69) is 5.32 Å². The van der Waals surface area contributed by atoms with Crippen molar-refractivity contribution in [1.29, 1.82) is 0 Å². The SMILES string of the molecule is Cc1ccc(NC(=O)c2sccc2S(=O)(=O)N2CCOCC2)c(F)c1. The van der Waals surface area contributed by atoms with Crippen LogP contribution in [0.15, 0.2) is 34.5 Å². The molecule has 1 N–H and O–H groups in total. The molecule has 0 atom stereocenters. The van der Waals surface area contributed by atoms with Crippen LogP contribution in [0.3, 0.4) is 0 Å². The van der Waals surface area contributed by atoms with E-state index in [1.165, 1.54) is 27.9 Å². The minimum atomic E-state index is -3.79. The highest BCUT2D eigenvalue weighted by Crippen LogP contribution is 2.27. The topological polar surface area (TPSA) is 75.7 Å². The fourth-order valence-electron chi connectivity index (χ4n) is 2.49. The molecule has 1 saturated heterocycles. The number of carbonyl (C=O) groups excluding carboxylic acids is 1. The first-order valence-electron chi connectivity index (χ1n) is 7.62. The van der Waals surface area contributed by atoms with Gasteiger partial charge in [0.25, 0.3) is 5.91 Å². The summed E-state index contributed by atoms with van der Waals surface area (Å²) in [5.41, 5.74) is 0.737. The highest BCUT2D eigenvalue weighted by molar-refractivity contribution is 7.89. The summed E-state index contributed by atoms with van der Waals surface area (Å²) in [4.78, 5) is 12.5. The van der Waals surface area contributed by atoms with Crippen molar-refractivity contribution in [3.8, 4) is 0 Å². The number of sulfonamides is 1. The molecule has 1 aromatic carbocycles. The first-order chi connectivity index (χ1) is 11.9. The number of anilines is 1. The van der Waals surface area contributed by atoms with Crippen LogP contribution in [-0.4, -0.2) is 44.9 Å². The lowest BCUT2D eigenvalue weighted by Gasteiger charge is -2.26. The van der Waals surface area contributed by atoms with Crippen LogP contribution in [0.4, 0.5) is 10.1 Å². The second-order valence-corrected chi connectivity index (χ2v) is 8.39. The molecular weight excluding hydrogens is 367 g/mol. The second kappa shape index (κ2) is 7.20. The van der Waals surface area contributed by atoms with E-state index in [0.29, 0.717) is 13.2 Å². The lowest BCUT2D eigenvalue weighted by atomic mass is 10.2. The summed E-state index contributed by atoms with van der Waals surface area (Å²) in [7, 11) is -3.79. The lowest BCUT2D eigenvalue weighted by Crippen LogP contribution is -2.41. The molecule has 1 fully saturated rings. The molecule has 1 amide bonds. The van der Waals surface area contributed by atoms with E-state index in [1.807, 2.05) is 0 Å². The van der Waals surface area contributed by atoms with Crippen LogP contribution in [-0.2, 0) is 14.8 Å². The molecule has 2 aromatic rings. The molecule has 0 bridgehead atoms. The number of amides is 1. The van der Waals surface area contributed by atoms with Gasteiger partial charge in [-0.05, 0) is 36.1 Å².